The van der Waals surface area contributed by atoms with E-state index in [1.807, 2.05) is 24.3 Å². The summed E-state index contributed by atoms with van der Waals surface area (Å²) >= 11 is 1.13. The van der Waals surface area contributed by atoms with E-state index in [0.29, 0.717) is 29.5 Å². The Kier molecular flexibility index (Phi) is 8.11. The number of hydrogen-bond acceptors (Lipinski definition) is 9. The fraction of sp³-hybridized carbons (Fsp3) is 0.333. The van der Waals surface area contributed by atoms with Crippen molar-refractivity contribution in [1.82, 2.24) is 15.1 Å². The highest BCUT2D eigenvalue weighted by Crippen LogP contribution is 2.21. The average molecular weight is 498 g/mol. The van der Waals surface area contributed by atoms with Crippen LogP contribution in [0.2, 0.25) is 0 Å². The van der Waals surface area contributed by atoms with Gasteiger partial charge in [0.25, 0.3) is 5.91 Å². The first-order valence-electron chi connectivity index (χ1n) is 11.1. The van der Waals surface area contributed by atoms with Crippen LogP contribution in [0.3, 0.4) is 0 Å². The third-order valence-corrected chi connectivity index (χ3v) is 6.43. The molecule has 0 aliphatic carbocycles. The van der Waals surface area contributed by atoms with Gasteiger partial charge in [0, 0.05) is 37.6 Å². The van der Waals surface area contributed by atoms with Crippen LogP contribution in [-0.2, 0) is 16.1 Å². The topological polar surface area (TPSA) is 106 Å². The van der Waals surface area contributed by atoms with Crippen LogP contribution in [0.1, 0.15) is 14.8 Å². The van der Waals surface area contributed by atoms with E-state index in [-0.39, 0.29) is 30.0 Å². The van der Waals surface area contributed by atoms with E-state index in [1.54, 1.807) is 43.4 Å². The van der Waals surface area contributed by atoms with E-state index in [2.05, 4.69) is 20.4 Å². The van der Waals surface area contributed by atoms with Gasteiger partial charge >= 0.3 is 0 Å². The summed E-state index contributed by atoms with van der Waals surface area (Å²) in [5.41, 5.74) is 1.73. The van der Waals surface area contributed by atoms with Gasteiger partial charge in [0.15, 0.2) is 0 Å². The van der Waals surface area contributed by atoms with Gasteiger partial charge in [-0.15, -0.1) is 10.2 Å². The molecule has 3 aromatic rings. The van der Waals surface area contributed by atoms with Crippen molar-refractivity contribution >= 4 is 34.5 Å². The van der Waals surface area contributed by atoms with Gasteiger partial charge in [-0.25, -0.2) is 0 Å². The fourth-order valence-corrected chi connectivity index (χ4v) is 4.26. The number of rotatable bonds is 9. The monoisotopic (exact) mass is 497 g/mol. The molecule has 184 valence electrons. The van der Waals surface area contributed by atoms with Crippen LogP contribution >= 0.6 is 11.3 Å². The predicted octanol–water partition coefficient (Wildman–Crippen LogP) is 2.67. The minimum atomic E-state index is -0.357. The van der Waals surface area contributed by atoms with Gasteiger partial charge in [0.1, 0.15) is 29.7 Å². The van der Waals surface area contributed by atoms with Crippen molar-refractivity contribution in [2.45, 2.75) is 6.61 Å². The summed E-state index contributed by atoms with van der Waals surface area (Å²) in [6.45, 7) is 2.83. The van der Waals surface area contributed by atoms with Crippen molar-refractivity contribution in [3.05, 3.63) is 58.5 Å². The number of carbonyl (C=O) groups excluding carboxylic acids is 2. The van der Waals surface area contributed by atoms with Crippen LogP contribution < -0.4 is 19.7 Å². The lowest BCUT2D eigenvalue weighted by molar-refractivity contribution is -0.136. The molecule has 0 bridgehead atoms. The summed E-state index contributed by atoms with van der Waals surface area (Å²) in [5.74, 6) is 1.10. The lowest BCUT2D eigenvalue weighted by atomic mass is 10.2. The molecule has 1 saturated heterocycles. The number of benzene rings is 2. The molecule has 1 aromatic heterocycles. The molecule has 1 N–H and O–H groups in total. The van der Waals surface area contributed by atoms with Crippen molar-refractivity contribution in [3.8, 4) is 11.5 Å². The standard InChI is InChI=1S/C24H27N5O5S/c1-32-19-7-3-17(4-8-19)25-23(31)24-27-26-21(35-24)15-34-16-22(30)29-13-11-28(12-14-29)18-5-9-20(33-2)10-6-18/h3-10H,11-16H2,1-2H3,(H,25,31). The highest BCUT2D eigenvalue weighted by molar-refractivity contribution is 7.13. The van der Waals surface area contributed by atoms with E-state index in [9.17, 15) is 9.59 Å². The SMILES string of the molecule is COc1ccc(NC(=O)c2nnc(COCC(=O)N3CCN(c4ccc(OC)cc4)CC3)s2)cc1. The summed E-state index contributed by atoms with van der Waals surface area (Å²) in [4.78, 5) is 29.0. The summed E-state index contributed by atoms with van der Waals surface area (Å²) in [5, 5.41) is 11.4. The normalized spacial score (nSPS) is 13.4. The molecule has 11 heteroatoms. The minimum absolute atomic E-state index is 0.0461. The highest BCUT2D eigenvalue weighted by atomic mass is 32.1. The van der Waals surface area contributed by atoms with E-state index in [4.69, 9.17) is 14.2 Å². The molecule has 2 amide bonds. The Bertz CT molecular complexity index is 1130. The number of ether oxygens (including phenoxy) is 3. The van der Waals surface area contributed by atoms with Crippen LogP contribution in [0, 0.1) is 0 Å². The van der Waals surface area contributed by atoms with Gasteiger partial charge < -0.3 is 29.3 Å². The molecule has 35 heavy (non-hydrogen) atoms. The summed E-state index contributed by atoms with van der Waals surface area (Å²) in [6, 6.07) is 14.9. The number of anilines is 2. The third-order valence-electron chi connectivity index (χ3n) is 5.53. The second-order valence-electron chi connectivity index (χ2n) is 7.74. The first kappa shape index (κ1) is 24.4. The molecule has 2 aromatic carbocycles. The Hall–Kier alpha value is -3.70. The van der Waals surface area contributed by atoms with Crippen molar-refractivity contribution in [2.24, 2.45) is 0 Å². The smallest absolute Gasteiger partial charge is 0.286 e. The fourth-order valence-electron chi connectivity index (χ4n) is 3.59. The Morgan fingerprint density at radius 3 is 2.17 bits per heavy atom. The Labute approximate surface area is 207 Å². The lowest BCUT2D eigenvalue weighted by Crippen LogP contribution is -2.49. The predicted molar refractivity (Wildman–Crippen MR) is 132 cm³/mol. The Morgan fingerprint density at radius 2 is 1.54 bits per heavy atom. The number of nitrogens with zero attached hydrogens (tertiary/aromatic N) is 4. The van der Waals surface area contributed by atoms with Crippen LogP contribution in [-0.4, -0.2) is 73.9 Å². The minimum Gasteiger partial charge on any atom is -0.497 e. The van der Waals surface area contributed by atoms with Gasteiger partial charge in [-0.05, 0) is 48.5 Å². The molecular weight excluding hydrogens is 470 g/mol. The van der Waals surface area contributed by atoms with E-state index in [1.165, 1.54) is 0 Å². The first-order chi connectivity index (χ1) is 17.1. The second-order valence-corrected chi connectivity index (χ2v) is 8.80. The number of nitrogens with one attached hydrogen (secondary N) is 1. The van der Waals surface area contributed by atoms with Crippen LogP contribution in [0.4, 0.5) is 11.4 Å². The van der Waals surface area contributed by atoms with Crippen LogP contribution in [0.15, 0.2) is 48.5 Å². The zero-order valence-electron chi connectivity index (χ0n) is 19.6. The summed E-state index contributed by atoms with van der Waals surface area (Å²) in [6.07, 6.45) is 0. The first-order valence-corrected chi connectivity index (χ1v) is 11.9. The van der Waals surface area contributed by atoms with Gasteiger partial charge in [0.2, 0.25) is 10.9 Å². The third kappa shape index (κ3) is 6.46. The van der Waals surface area contributed by atoms with Crippen molar-refractivity contribution in [3.63, 3.8) is 0 Å². The number of aromatic nitrogens is 2. The Balaban J connectivity index is 1.19. The van der Waals surface area contributed by atoms with E-state index >= 15 is 0 Å². The average Bonchev–Trinajstić information content (AvgIpc) is 3.38. The molecule has 0 unspecified atom stereocenters. The molecule has 1 aliphatic heterocycles. The zero-order valence-corrected chi connectivity index (χ0v) is 20.4. The van der Waals surface area contributed by atoms with Crippen molar-refractivity contribution in [2.75, 3.05) is 57.2 Å². The van der Waals surface area contributed by atoms with Crippen LogP contribution in [0.25, 0.3) is 0 Å². The maximum Gasteiger partial charge on any atom is 0.286 e. The number of amides is 2. The lowest BCUT2D eigenvalue weighted by Gasteiger charge is -2.36. The largest absolute Gasteiger partial charge is 0.497 e. The molecular formula is C24H27N5O5S. The van der Waals surface area contributed by atoms with Crippen molar-refractivity contribution in [1.29, 1.82) is 0 Å². The summed E-state index contributed by atoms with van der Waals surface area (Å²) < 4.78 is 15.9. The van der Waals surface area contributed by atoms with Gasteiger partial charge in [-0.2, -0.15) is 0 Å². The molecule has 0 radical (unpaired) electrons. The van der Waals surface area contributed by atoms with Gasteiger partial charge in [-0.3, -0.25) is 9.59 Å². The number of hydrogen-bond donors (Lipinski definition) is 1. The Morgan fingerprint density at radius 1 is 0.914 bits per heavy atom. The molecule has 1 fully saturated rings. The molecule has 2 heterocycles. The number of carbonyl (C=O) groups is 2. The molecule has 4 rings (SSSR count). The quantitative estimate of drug-likeness (QED) is 0.481. The summed E-state index contributed by atoms with van der Waals surface area (Å²) in [7, 11) is 3.22. The molecule has 1 aliphatic rings. The van der Waals surface area contributed by atoms with E-state index < -0.39 is 0 Å². The second kappa shape index (κ2) is 11.6. The molecule has 10 nitrogen and oxygen atoms in total. The number of methoxy groups -OCH3 is 2. The zero-order chi connectivity index (χ0) is 24.6. The maximum atomic E-state index is 12.5. The molecule has 0 saturated carbocycles. The van der Waals surface area contributed by atoms with Crippen LogP contribution in [0.5, 0.6) is 11.5 Å². The van der Waals surface area contributed by atoms with Gasteiger partial charge in [-0.1, -0.05) is 11.3 Å². The highest BCUT2D eigenvalue weighted by Gasteiger charge is 2.22. The van der Waals surface area contributed by atoms with Gasteiger partial charge in [0.05, 0.1) is 14.2 Å². The number of piperazine rings is 1. The van der Waals surface area contributed by atoms with Crippen molar-refractivity contribution < 1.29 is 23.8 Å². The molecule has 0 atom stereocenters. The molecule has 0 spiro atoms. The van der Waals surface area contributed by atoms with E-state index in [0.717, 1.165) is 35.9 Å². The maximum absolute atomic E-state index is 12.5.